The number of amides is 4. The van der Waals surface area contributed by atoms with Crippen molar-refractivity contribution in [3.63, 3.8) is 0 Å². The highest BCUT2D eigenvalue weighted by atomic mass is 19.3. The molecule has 0 unspecified atom stereocenters. The highest BCUT2D eigenvalue weighted by Crippen LogP contribution is 2.33. The van der Waals surface area contributed by atoms with Crippen LogP contribution >= 0.6 is 0 Å². The van der Waals surface area contributed by atoms with Crippen molar-refractivity contribution in [2.24, 2.45) is 0 Å². The fourth-order valence-electron chi connectivity index (χ4n) is 4.25. The Morgan fingerprint density at radius 1 is 1.14 bits per heavy atom. The van der Waals surface area contributed by atoms with Gasteiger partial charge in [-0.3, -0.25) is 9.63 Å². The fourth-order valence-corrected chi connectivity index (χ4v) is 4.25. The summed E-state index contributed by atoms with van der Waals surface area (Å²) >= 11 is 0. The maximum Gasteiger partial charge on any atom is 0.477 e. The van der Waals surface area contributed by atoms with Crippen LogP contribution in [0.3, 0.4) is 0 Å². The number of likely N-dealkylation sites (tertiary alicyclic amines) is 1. The van der Waals surface area contributed by atoms with Crippen LogP contribution in [0.4, 0.5) is 18.4 Å². The van der Waals surface area contributed by atoms with Crippen molar-refractivity contribution in [2.75, 3.05) is 26.3 Å². The summed E-state index contributed by atoms with van der Waals surface area (Å²) in [6, 6.07) is -2.95. The Balaban J connectivity index is 0.00000235. The molecular formula is C23H40F2N4O8. The molecule has 12 nitrogen and oxygen atoms in total. The Hall–Kier alpha value is -2.74. The molecule has 37 heavy (non-hydrogen) atoms. The molecule has 0 aromatic heterocycles. The zero-order valence-electron chi connectivity index (χ0n) is 22.3. The lowest BCUT2D eigenvalue weighted by atomic mass is 10.0. The Morgan fingerprint density at radius 3 is 2.43 bits per heavy atom. The summed E-state index contributed by atoms with van der Waals surface area (Å²) < 4.78 is 37.7. The standard InChI is InChI=1S/C21H32F2N4O8.C2H6.H2/c1-5-32-17(29)21(22,23)35-27-13-8-9-15(26(11-13)18(27)30)16(28)24-33-12-14-7-6-10-25(14)19(31)34-20(2,3)4;1-2;/h13-15H,5-12H2,1-4H3,(H,24,28);1-2H3;1H/t13-,14+,15+;;/m1../s1. The first-order valence-corrected chi connectivity index (χ1v) is 12.6. The zero-order chi connectivity index (χ0) is 28.0. The first-order valence-electron chi connectivity index (χ1n) is 12.6. The van der Waals surface area contributed by atoms with Gasteiger partial charge in [0.05, 0.1) is 25.3 Å². The Morgan fingerprint density at radius 2 is 1.81 bits per heavy atom. The molecule has 0 saturated carbocycles. The largest absolute Gasteiger partial charge is 0.477 e. The molecule has 3 rings (SSSR count). The third-order valence-corrected chi connectivity index (χ3v) is 5.81. The van der Waals surface area contributed by atoms with Gasteiger partial charge in [-0.2, -0.15) is 18.7 Å². The average Bonchev–Trinajstić information content (AvgIpc) is 3.38. The van der Waals surface area contributed by atoms with E-state index in [2.05, 4.69) is 15.1 Å². The van der Waals surface area contributed by atoms with Gasteiger partial charge in [0.2, 0.25) is 0 Å². The second-order valence-corrected chi connectivity index (χ2v) is 9.58. The van der Waals surface area contributed by atoms with Crippen molar-refractivity contribution in [2.45, 2.75) is 97.1 Å². The maximum atomic E-state index is 14.0. The first kappa shape index (κ1) is 30.5. The van der Waals surface area contributed by atoms with Gasteiger partial charge in [0.1, 0.15) is 11.6 Å². The monoisotopic (exact) mass is 538 g/mol. The second-order valence-electron chi connectivity index (χ2n) is 9.58. The topological polar surface area (TPSA) is 127 Å². The second kappa shape index (κ2) is 12.7. The molecule has 3 aliphatic heterocycles. The summed E-state index contributed by atoms with van der Waals surface area (Å²) in [5.41, 5.74) is 1.65. The molecule has 3 heterocycles. The van der Waals surface area contributed by atoms with E-state index in [1.807, 2.05) is 13.8 Å². The molecule has 3 atom stereocenters. The number of ether oxygens (including phenoxy) is 2. The van der Waals surface area contributed by atoms with Gasteiger partial charge in [0, 0.05) is 14.5 Å². The number of carbonyl (C=O) groups excluding carboxylic acids is 4. The van der Waals surface area contributed by atoms with Crippen LogP contribution in [-0.4, -0.2) is 95.0 Å². The minimum Gasteiger partial charge on any atom is -0.460 e. The van der Waals surface area contributed by atoms with Crippen LogP contribution in [0.1, 0.15) is 68.7 Å². The molecule has 2 bridgehead atoms. The molecular weight excluding hydrogens is 498 g/mol. The summed E-state index contributed by atoms with van der Waals surface area (Å²) in [5.74, 6) is -2.53. The number of alkyl halides is 2. The minimum atomic E-state index is -4.34. The molecule has 214 valence electrons. The fraction of sp³-hybridized carbons (Fsp3) is 0.826. The van der Waals surface area contributed by atoms with Crippen molar-refractivity contribution in [1.29, 1.82) is 0 Å². The maximum absolute atomic E-state index is 14.0. The molecule has 0 aliphatic carbocycles. The minimum absolute atomic E-state index is 0. The summed E-state index contributed by atoms with van der Waals surface area (Å²) in [7, 11) is 0. The van der Waals surface area contributed by atoms with E-state index in [1.165, 1.54) is 6.92 Å². The Bertz CT molecular complexity index is 845. The predicted octanol–water partition coefficient (Wildman–Crippen LogP) is 3.06. The van der Waals surface area contributed by atoms with E-state index in [0.717, 1.165) is 11.3 Å². The van der Waals surface area contributed by atoms with Gasteiger partial charge < -0.3 is 19.3 Å². The third-order valence-electron chi connectivity index (χ3n) is 5.81. The van der Waals surface area contributed by atoms with E-state index in [9.17, 15) is 28.0 Å². The van der Waals surface area contributed by atoms with Gasteiger partial charge in [-0.15, -0.1) is 0 Å². The van der Waals surface area contributed by atoms with Crippen molar-refractivity contribution >= 4 is 24.0 Å². The smallest absolute Gasteiger partial charge is 0.460 e. The van der Waals surface area contributed by atoms with E-state index in [1.54, 1.807) is 25.7 Å². The van der Waals surface area contributed by atoms with Crippen LogP contribution < -0.4 is 5.48 Å². The number of piperidine rings is 1. The Kier molecular flexibility index (Phi) is 10.4. The number of esters is 1. The summed E-state index contributed by atoms with van der Waals surface area (Å²) in [4.78, 5) is 61.5. The van der Waals surface area contributed by atoms with Gasteiger partial charge in [0.25, 0.3) is 5.91 Å². The molecule has 0 aromatic carbocycles. The molecule has 3 fully saturated rings. The van der Waals surface area contributed by atoms with E-state index in [4.69, 9.17) is 9.57 Å². The molecule has 1 N–H and O–H groups in total. The molecule has 0 radical (unpaired) electrons. The van der Waals surface area contributed by atoms with Gasteiger partial charge in [-0.25, -0.2) is 19.9 Å². The number of nitrogens with zero attached hydrogens (tertiary/aromatic N) is 3. The number of rotatable bonds is 8. The van der Waals surface area contributed by atoms with Gasteiger partial charge in [-0.05, 0) is 53.4 Å². The number of hydrogen-bond donors (Lipinski definition) is 1. The lowest BCUT2D eigenvalue weighted by molar-refractivity contribution is -0.329. The van der Waals surface area contributed by atoms with Crippen LogP contribution in [0.15, 0.2) is 0 Å². The molecule has 3 saturated heterocycles. The molecule has 0 spiro atoms. The number of halogens is 2. The molecule has 14 heteroatoms. The van der Waals surface area contributed by atoms with Gasteiger partial charge >= 0.3 is 24.2 Å². The summed E-state index contributed by atoms with van der Waals surface area (Å²) in [5, 5.41) is 0.433. The average molecular weight is 539 g/mol. The lowest BCUT2D eigenvalue weighted by Gasteiger charge is -2.30. The first-order chi connectivity index (χ1) is 17.3. The van der Waals surface area contributed by atoms with Crippen molar-refractivity contribution in [3.8, 4) is 0 Å². The van der Waals surface area contributed by atoms with Crippen molar-refractivity contribution < 1.29 is 48.5 Å². The number of hydroxylamine groups is 3. The number of carbonyl (C=O) groups is 4. The lowest BCUT2D eigenvalue weighted by Crippen LogP contribution is -2.50. The number of urea groups is 1. The number of hydrogen-bond acceptors (Lipinski definition) is 8. The van der Waals surface area contributed by atoms with Crippen molar-refractivity contribution in [1.82, 2.24) is 20.3 Å². The van der Waals surface area contributed by atoms with E-state index < -0.39 is 47.8 Å². The normalized spacial score (nSPS) is 23.4. The highest BCUT2D eigenvalue weighted by Gasteiger charge is 2.54. The van der Waals surface area contributed by atoms with Crippen LogP contribution in [0.5, 0.6) is 0 Å². The van der Waals surface area contributed by atoms with Crippen LogP contribution in [0.25, 0.3) is 0 Å². The van der Waals surface area contributed by atoms with Crippen LogP contribution in [-0.2, 0) is 28.7 Å². The van der Waals surface area contributed by atoms with Crippen LogP contribution in [0, 0.1) is 0 Å². The van der Waals surface area contributed by atoms with E-state index in [-0.39, 0.29) is 40.1 Å². The van der Waals surface area contributed by atoms with E-state index in [0.29, 0.717) is 18.0 Å². The van der Waals surface area contributed by atoms with Crippen LogP contribution in [0.2, 0.25) is 0 Å². The number of nitrogens with one attached hydrogen (secondary N) is 1. The summed E-state index contributed by atoms with van der Waals surface area (Å²) in [6.45, 7) is 10.9. The quantitative estimate of drug-likeness (QED) is 0.369. The zero-order valence-corrected chi connectivity index (χ0v) is 22.3. The van der Waals surface area contributed by atoms with Gasteiger partial charge in [0.15, 0.2) is 0 Å². The molecule has 4 amide bonds. The molecule has 3 aliphatic rings. The highest BCUT2D eigenvalue weighted by molar-refractivity contribution is 5.88. The SMILES string of the molecule is CC.CCOC(=O)C(F)(F)ON1C(=O)N2C[C@H]1CC[C@H]2C(=O)NOC[C@@H]1CCCN1C(=O)OC(C)(C)C.[HH]. The van der Waals surface area contributed by atoms with E-state index >= 15 is 0 Å². The third kappa shape index (κ3) is 7.63. The summed E-state index contributed by atoms with van der Waals surface area (Å²) in [6.07, 6.45) is -2.98. The van der Waals surface area contributed by atoms with Crippen molar-refractivity contribution in [3.05, 3.63) is 0 Å². The predicted molar refractivity (Wildman–Crippen MR) is 127 cm³/mol. The van der Waals surface area contributed by atoms with Gasteiger partial charge in [-0.1, -0.05) is 13.8 Å². The number of fused-ring (bicyclic) bond motifs is 2. The Labute approximate surface area is 216 Å². The molecule has 0 aromatic rings.